The molecule has 2 aliphatic heterocycles. The van der Waals surface area contributed by atoms with Crippen LogP contribution >= 0.6 is 0 Å². The maximum Gasteiger partial charge on any atom is 0.348 e. The number of aliphatic hydroxyl groups excluding tert-OH is 2. The molecule has 2 bridgehead atoms. The van der Waals surface area contributed by atoms with Gasteiger partial charge in [0.25, 0.3) is 0 Å². The standard InChI is InChI=1S/C27H34O11/c1-7-10(2)22(32)37-17-15-11(3)8-14(29)20(31)25(15,6)24-26-9-35-27(24,34)19(30)12(4)16(26)18(36-13(5)28)23(33)38-21(17)26/h7-8,12,15-21,24,30-31,34H,9H2,1-6H3/b10-7+/t12?,15?,16?,17-,18-,19-,20-,21-,24?,25?,26-,27?/m1/s1. The Morgan fingerprint density at radius 1 is 1.18 bits per heavy atom. The van der Waals surface area contributed by atoms with E-state index >= 15 is 0 Å². The number of ketones is 1. The second-order valence-electron chi connectivity index (χ2n) is 11.7. The average molecular weight is 535 g/mol. The smallest absolute Gasteiger partial charge is 0.348 e. The number of fused-ring (bicyclic) bond motifs is 1. The number of esters is 3. The van der Waals surface area contributed by atoms with Gasteiger partial charge in [0.05, 0.1) is 12.0 Å². The Labute approximate surface area is 219 Å². The lowest BCUT2D eigenvalue weighted by atomic mass is 9.37. The van der Waals surface area contributed by atoms with Crippen molar-refractivity contribution in [3.05, 3.63) is 23.3 Å². The first kappa shape index (κ1) is 27.0. The fraction of sp³-hybridized carbons (Fsp3) is 0.704. The van der Waals surface area contributed by atoms with Gasteiger partial charge in [-0.2, -0.15) is 0 Å². The predicted octanol–water partition coefficient (Wildman–Crippen LogP) is 0.196. The highest BCUT2D eigenvalue weighted by atomic mass is 16.7. The van der Waals surface area contributed by atoms with Crippen molar-refractivity contribution in [2.24, 2.45) is 34.5 Å². The second-order valence-corrected chi connectivity index (χ2v) is 11.7. The van der Waals surface area contributed by atoms with Gasteiger partial charge in [0.2, 0.25) is 6.10 Å². The lowest BCUT2D eigenvalue weighted by Gasteiger charge is -2.69. The number of rotatable bonds is 3. The molecule has 2 heterocycles. The minimum atomic E-state index is -2.24. The van der Waals surface area contributed by atoms with Crippen molar-refractivity contribution in [2.45, 2.75) is 77.8 Å². The van der Waals surface area contributed by atoms with E-state index in [1.807, 2.05) is 0 Å². The first-order valence-corrected chi connectivity index (χ1v) is 12.8. The minimum Gasteiger partial charge on any atom is -0.455 e. The van der Waals surface area contributed by atoms with Crippen LogP contribution in [-0.4, -0.2) is 81.9 Å². The second kappa shape index (κ2) is 8.45. The molecule has 12 atom stereocenters. The summed E-state index contributed by atoms with van der Waals surface area (Å²) in [6.45, 7) is 8.95. The molecular formula is C27H34O11. The third kappa shape index (κ3) is 3.10. The van der Waals surface area contributed by atoms with Crippen LogP contribution in [0.1, 0.15) is 41.5 Å². The lowest BCUT2D eigenvalue weighted by molar-refractivity contribution is -0.352. The highest BCUT2D eigenvalue weighted by Crippen LogP contribution is 2.74. The quantitative estimate of drug-likeness (QED) is 0.257. The molecule has 38 heavy (non-hydrogen) atoms. The van der Waals surface area contributed by atoms with Gasteiger partial charge >= 0.3 is 17.9 Å². The summed E-state index contributed by atoms with van der Waals surface area (Å²) in [5.41, 5.74) is -2.17. The Bertz CT molecular complexity index is 1170. The number of carbonyl (C=O) groups excluding carboxylic acids is 4. The first-order chi connectivity index (χ1) is 17.7. The summed E-state index contributed by atoms with van der Waals surface area (Å²) < 4.78 is 23.3. The van der Waals surface area contributed by atoms with E-state index in [1.165, 1.54) is 6.08 Å². The van der Waals surface area contributed by atoms with Gasteiger partial charge in [0.15, 0.2) is 11.6 Å². The van der Waals surface area contributed by atoms with Crippen LogP contribution in [0.15, 0.2) is 23.3 Å². The molecule has 2 saturated heterocycles. The van der Waals surface area contributed by atoms with Crippen molar-refractivity contribution >= 4 is 23.7 Å². The molecule has 11 nitrogen and oxygen atoms in total. The Hall–Kier alpha value is -2.60. The summed E-state index contributed by atoms with van der Waals surface area (Å²) in [5.74, 6) is -9.01. The molecule has 3 aliphatic carbocycles. The van der Waals surface area contributed by atoms with Crippen LogP contribution in [-0.2, 0) is 38.1 Å². The summed E-state index contributed by atoms with van der Waals surface area (Å²) >= 11 is 0. The molecule has 0 aromatic carbocycles. The van der Waals surface area contributed by atoms with E-state index in [2.05, 4.69) is 0 Å². The molecule has 4 fully saturated rings. The van der Waals surface area contributed by atoms with Gasteiger partial charge in [0, 0.05) is 35.7 Å². The van der Waals surface area contributed by atoms with Gasteiger partial charge in [-0.05, 0) is 32.8 Å². The Morgan fingerprint density at radius 2 is 1.84 bits per heavy atom. The number of hydrogen-bond donors (Lipinski definition) is 3. The van der Waals surface area contributed by atoms with Crippen molar-refractivity contribution in [2.75, 3.05) is 6.61 Å². The minimum absolute atomic E-state index is 0.265. The molecular weight excluding hydrogens is 500 g/mol. The van der Waals surface area contributed by atoms with Crippen molar-refractivity contribution in [3.63, 3.8) is 0 Å². The largest absolute Gasteiger partial charge is 0.455 e. The van der Waals surface area contributed by atoms with E-state index in [0.717, 1.165) is 6.92 Å². The summed E-state index contributed by atoms with van der Waals surface area (Å²) in [7, 11) is 0. The molecule has 5 aliphatic rings. The summed E-state index contributed by atoms with van der Waals surface area (Å²) in [6, 6.07) is 0. The Balaban J connectivity index is 1.81. The SMILES string of the molecule is C/C=C(\C)C(=O)O[C@@H]1C2C(C)=CC(=O)[C@@H](O)C2(C)C2C3(O)OC[C@]24C(C(C)[C@H]3O)[C@@H](OC(C)=O)C(=O)O[C@H]14. The summed E-state index contributed by atoms with van der Waals surface area (Å²) in [5, 5.41) is 34.8. The summed E-state index contributed by atoms with van der Waals surface area (Å²) in [6.07, 6.45) is -4.24. The zero-order valence-electron chi connectivity index (χ0n) is 22.2. The van der Waals surface area contributed by atoms with Crippen LogP contribution in [0.2, 0.25) is 0 Å². The highest BCUT2D eigenvalue weighted by Gasteiger charge is 2.85. The predicted molar refractivity (Wildman–Crippen MR) is 127 cm³/mol. The van der Waals surface area contributed by atoms with Gasteiger partial charge < -0.3 is 34.3 Å². The Kier molecular flexibility index (Phi) is 6.00. The monoisotopic (exact) mass is 534 g/mol. The normalized spacial score (nSPS) is 49.3. The molecule has 1 spiro atoms. The first-order valence-electron chi connectivity index (χ1n) is 12.8. The van der Waals surface area contributed by atoms with E-state index in [0.29, 0.717) is 11.1 Å². The third-order valence-electron chi connectivity index (χ3n) is 9.87. The zero-order valence-corrected chi connectivity index (χ0v) is 22.2. The molecule has 208 valence electrons. The molecule has 2 saturated carbocycles. The number of ether oxygens (including phenoxy) is 4. The Morgan fingerprint density at radius 3 is 2.45 bits per heavy atom. The van der Waals surface area contributed by atoms with Crippen LogP contribution in [0.5, 0.6) is 0 Å². The van der Waals surface area contributed by atoms with E-state index < -0.39 is 94.5 Å². The van der Waals surface area contributed by atoms with Gasteiger partial charge in [-0.15, -0.1) is 0 Å². The average Bonchev–Trinajstić information content (AvgIpc) is 3.13. The van der Waals surface area contributed by atoms with E-state index in [-0.39, 0.29) is 6.61 Å². The number of carbonyl (C=O) groups is 4. The molecule has 3 N–H and O–H groups in total. The van der Waals surface area contributed by atoms with Crippen molar-refractivity contribution in [1.82, 2.24) is 0 Å². The number of hydrogen-bond acceptors (Lipinski definition) is 11. The zero-order chi connectivity index (χ0) is 28.1. The third-order valence-corrected chi connectivity index (χ3v) is 9.87. The van der Waals surface area contributed by atoms with Gasteiger partial charge in [0.1, 0.15) is 24.4 Å². The fourth-order valence-electron chi connectivity index (χ4n) is 8.49. The van der Waals surface area contributed by atoms with Crippen LogP contribution in [0, 0.1) is 34.5 Å². The molecule has 6 unspecified atom stereocenters. The van der Waals surface area contributed by atoms with Crippen molar-refractivity contribution in [1.29, 1.82) is 0 Å². The highest BCUT2D eigenvalue weighted by molar-refractivity contribution is 5.96. The van der Waals surface area contributed by atoms with Crippen LogP contribution < -0.4 is 0 Å². The maximum atomic E-state index is 13.4. The van der Waals surface area contributed by atoms with Crippen LogP contribution in [0.25, 0.3) is 0 Å². The van der Waals surface area contributed by atoms with E-state index in [9.17, 15) is 34.5 Å². The molecule has 5 rings (SSSR count). The fourth-order valence-corrected chi connectivity index (χ4v) is 8.49. The molecule has 0 aromatic heterocycles. The van der Waals surface area contributed by atoms with Gasteiger partial charge in [-0.25, -0.2) is 9.59 Å². The maximum absolute atomic E-state index is 13.4. The molecule has 0 amide bonds. The van der Waals surface area contributed by atoms with E-state index in [1.54, 1.807) is 40.7 Å². The topological polar surface area (TPSA) is 166 Å². The lowest BCUT2D eigenvalue weighted by Crippen LogP contribution is -2.81. The van der Waals surface area contributed by atoms with Gasteiger partial charge in [-0.1, -0.05) is 25.5 Å². The molecule has 11 heteroatoms. The van der Waals surface area contributed by atoms with Crippen LogP contribution in [0.4, 0.5) is 0 Å². The van der Waals surface area contributed by atoms with Gasteiger partial charge in [-0.3, -0.25) is 9.59 Å². The van der Waals surface area contributed by atoms with Crippen LogP contribution in [0.3, 0.4) is 0 Å². The number of aliphatic hydroxyl groups is 3. The van der Waals surface area contributed by atoms with Crippen molar-refractivity contribution < 1.29 is 53.4 Å². The number of allylic oxidation sites excluding steroid dienone is 1. The summed E-state index contributed by atoms with van der Waals surface area (Å²) in [4.78, 5) is 51.6. The van der Waals surface area contributed by atoms with E-state index in [4.69, 9.17) is 18.9 Å². The molecule has 0 radical (unpaired) electrons. The molecule has 0 aromatic rings. The van der Waals surface area contributed by atoms with Crippen molar-refractivity contribution in [3.8, 4) is 0 Å².